The van der Waals surface area contributed by atoms with Gasteiger partial charge in [-0.1, -0.05) is 0 Å². The van der Waals surface area contributed by atoms with Crippen molar-refractivity contribution in [3.05, 3.63) is 45.7 Å². The molecule has 1 aliphatic heterocycles. The molecule has 1 saturated heterocycles. The van der Waals surface area contributed by atoms with Crippen molar-refractivity contribution in [1.82, 2.24) is 14.9 Å². The lowest BCUT2D eigenvalue weighted by Crippen LogP contribution is -2.38. The molecule has 0 aliphatic carbocycles. The molecule has 1 fully saturated rings. The zero-order valence-electron chi connectivity index (χ0n) is 11.9. The third-order valence-electron chi connectivity index (χ3n) is 3.62. The highest BCUT2D eigenvalue weighted by atomic mass is 32.1. The summed E-state index contributed by atoms with van der Waals surface area (Å²) in [6, 6.07) is 2.18. The first kappa shape index (κ1) is 13.7. The Balaban J connectivity index is 1.67. The van der Waals surface area contributed by atoms with Crippen molar-refractivity contribution in [2.75, 3.05) is 19.7 Å². The van der Waals surface area contributed by atoms with E-state index >= 15 is 0 Å². The summed E-state index contributed by atoms with van der Waals surface area (Å²) < 4.78 is 5.84. The van der Waals surface area contributed by atoms with Crippen molar-refractivity contribution in [3.63, 3.8) is 0 Å². The zero-order chi connectivity index (χ0) is 13.9. The first-order valence-corrected chi connectivity index (χ1v) is 7.76. The Morgan fingerprint density at radius 3 is 2.95 bits per heavy atom. The van der Waals surface area contributed by atoms with Gasteiger partial charge in [-0.15, -0.1) is 11.3 Å². The lowest BCUT2D eigenvalue weighted by atomic mass is 10.2. The largest absolute Gasteiger partial charge is 0.369 e. The summed E-state index contributed by atoms with van der Waals surface area (Å²) in [5.74, 6) is 0. The summed E-state index contributed by atoms with van der Waals surface area (Å²) in [6.07, 6.45) is 3.68. The second kappa shape index (κ2) is 5.99. The Labute approximate surface area is 123 Å². The normalized spacial score (nSPS) is 20.2. The van der Waals surface area contributed by atoms with E-state index in [0.717, 1.165) is 37.6 Å². The van der Waals surface area contributed by atoms with E-state index in [1.54, 1.807) is 6.20 Å². The van der Waals surface area contributed by atoms with Gasteiger partial charge in [0.05, 0.1) is 24.2 Å². The van der Waals surface area contributed by atoms with E-state index in [4.69, 9.17) is 4.74 Å². The Bertz CT molecular complexity index is 567. The number of hydrogen-bond donors (Lipinski definition) is 0. The van der Waals surface area contributed by atoms with Crippen molar-refractivity contribution in [3.8, 4) is 0 Å². The van der Waals surface area contributed by atoms with Crippen LogP contribution in [0.25, 0.3) is 0 Å². The van der Waals surface area contributed by atoms with Crippen molar-refractivity contribution in [1.29, 1.82) is 0 Å². The number of hydrogen-bond acceptors (Lipinski definition) is 5. The number of aromatic nitrogens is 2. The molecule has 0 unspecified atom stereocenters. The molecule has 0 aromatic carbocycles. The van der Waals surface area contributed by atoms with E-state index in [0.29, 0.717) is 0 Å². The highest BCUT2D eigenvalue weighted by molar-refractivity contribution is 7.10. The summed E-state index contributed by atoms with van der Waals surface area (Å²) in [6.45, 7) is 7.75. The summed E-state index contributed by atoms with van der Waals surface area (Å²) in [4.78, 5) is 12.6. The van der Waals surface area contributed by atoms with Crippen LogP contribution in [0.5, 0.6) is 0 Å². The number of thiophene rings is 1. The molecule has 0 bridgehead atoms. The molecule has 0 radical (unpaired) electrons. The van der Waals surface area contributed by atoms with Gasteiger partial charge in [0.2, 0.25) is 0 Å². The van der Waals surface area contributed by atoms with E-state index in [1.165, 1.54) is 10.4 Å². The van der Waals surface area contributed by atoms with Gasteiger partial charge < -0.3 is 4.74 Å². The van der Waals surface area contributed by atoms with Crippen LogP contribution in [0.15, 0.2) is 23.8 Å². The third kappa shape index (κ3) is 3.06. The average Bonchev–Trinajstić information content (AvgIpc) is 2.85. The van der Waals surface area contributed by atoms with Gasteiger partial charge in [0.15, 0.2) is 0 Å². The predicted molar refractivity (Wildman–Crippen MR) is 79.8 cm³/mol. The second-order valence-electron chi connectivity index (χ2n) is 5.20. The first-order chi connectivity index (χ1) is 9.72. The molecule has 2 aromatic rings. The summed E-state index contributed by atoms with van der Waals surface area (Å²) in [5, 5.41) is 2.16. The van der Waals surface area contributed by atoms with Crippen LogP contribution in [-0.4, -0.2) is 34.6 Å². The third-order valence-corrected chi connectivity index (χ3v) is 4.62. The van der Waals surface area contributed by atoms with E-state index < -0.39 is 0 Å². The van der Waals surface area contributed by atoms with Crippen molar-refractivity contribution in [2.24, 2.45) is 0 Å². The molecule has 2 aromatic heterocycles. The van der Waals surface area contributed by atoms with Crippen LogP contribution in [0.3, 0.4) is 0 Å². The van der Waals surface area contributed by atoms with Crippen molar-refractivity contribution >= 4 is 11.3 Å². The van der Waals surface area contributed by atoms with Crippen molar-refractivity contribution < 1.29 is 4.74 Å². The minimum Gasteiger partial charge on any atom is -0.369 e. The minimum atomic E-state index is 0.0390. The Hall–Kier alpha value is -1.30. The number of ether oxygens (including phenoxy) is 1. The smallest absolute Gasteiger partial charge is 0.114 e. The maximum Gasteiger partial charge on any atom is 0.114 e. The van der Waals surface area contributed by atoms with Gasteiger partial charge in [-0.25, -0.2) is 0 Å². The quantitative estimate of drug-likeness (QED) is 0.871. The maximum absolute atomic E-state index is 5.84. The topological polar surface area (TPSA) is 38.2 Å². The molecule has 3 rings (SSSR count). The highest BCUT2D eigenvalue weighted by Crippen LogP contribution is 2.24. The lowest BCUT2D eigenvalue weighted by molar-refractivity contribution is -0.0349. The molecular formula is C15H19N3OS. The SMILES string of the molecule is Cc1cnc([C@@H]2CN(Cc3sccc3C)CCO2)cn1. The Morgan fingerprint density at radius 1 is 1.35 bits per heavy atom. The zero-order valence-corrected chi connectivity index (χ0v) is 12.7. The van der Waals surface area contributed by atoms with E-state index in [2.05, 4.69) is 33.2 Å². The van der Waals surface area contributed by atoms with Gasteiger partial charge in [0, 0.05) is 30.7 Å². The standard InChI is InChI=1S/C15H19N3OS/c1-11-3-6-20-15(11)10-18-4-5-19-14(9-18)13-8-16-12(2)7-17-13/h3,6-8,14H,4-5,9-10H2,1-2H3/t14-/m0/s1. The molecule has 0 spiro atoms. The molecule has 5 heteroatoms. The first-order valence-electron chi connectivity index (χ1n) is 6.88. The van der Waals surface area contributed by atoms with Crippen LogP contribution < -0.4 is 0 Å². The minimum absolute atomic E-state index is 0.0390. The number of morpholine rings is 1. The van der Waals surface area contributed by atoms with Gasteiger partial charge in [0.25, 0.3) is 0 Å². The molecular weight excluding hydrogens is 270 g/mol. The fraction of sp³-hybridized carbons (Fsp3) is 0.467. The summed E-state index contributed by atoms with van der Waals surface area (Å²) >= 11 is 1.83. The average molecular weight is 289 g/mol. The molecule has 106 valence electrons. The van der Waals surface area contributed by atoms with Gasteiger partial charge in [-0.2, -0.15) is 0 Å². The van der Waals surface area contributed by atoms with Crippen LogP contribution in [-0.2, 0) is 11.3 Å². The monoisotopic (exact) mass is 289 g/mol. The lowest BCUT2D eigenvalue weighted by Gasteiger charge is -2.32. The maximum atomic E-state index is 5.84. The molecule has 0 N–H and O–H groups in total. The van der Waals surface area contributed by atoms with Gasteiger partial charge in [-0.3, -0.25) is 14.9 Å². The molecule has 1 atom stereocenters. The van der Waals surface area contributed by atoms with Gasteiger partial charge in [0.1, 0.15) is 6.10 Å². The number of nitrogens with zero attached hydrogens (tertiary/aromatic N) is 3. The van der Waals surface area contributed by atoms with E-state index in [9.17, 15) is 0 Å². The van der Waals surface area contributed by atoms with Gasteiger partial charge in [-0.05, 0) is 30.9 Å². The van der Waals surface area contributed by atoms with Crippen LogP contribution >= 0.6 is 11.3 Å². The second-order valence-corrected chi connectivity index (χ2v) is 6.20. The van der Waals surface area contributed by atoms with E-state index in [-0.39, 0.29) is 6.10 Å². The molecule has 1 aliphatic rings. The molecule has 4 nitrogen and oxygen atoms in total. The highest BCUT2D eigenvalue weighted by Gasteiger charge is 2.23. The van der Waals surface area contributed by atoms with Crippen LogP contribution in [0.1, 0.15) is 27.9 Å². The fourth-order valence-corrected chi connectivity index (χ4v) is 3.31. The van der Waals surface area contributed by atoms with Crippen LogP contribution in [0.4, 0.5) is 0 Å². The Kier molecular flexibility index (Phi) is 4.10. The fourth-order valence-electron chi connectivity index (χ4n) is 2.36. The molecule has 0 saturated carbocycles. The predicted octanol–water partition coefficient (Wildman–Crippen LogP) is 2.73. The molecule has 3 heterocycles. The number of rotatable bonds is 3. The van der Waals surface area contributed by atoms with Crippen molar-refractivity contribution in [2.45, 2.75) is 26.5 Å². The molecule has 20 heavy (non-hydrogen) atoms. The van der Waals surface area contributed by atoms with Crippen LogP contribution in [0, 0.1) is 13.8 Å². The molecule has 0 amide bonds. The Morgan fingerprint density at radius 2 is 2.25 bits per heavy atom. The van der Waals surface area contributed by atoms with Gasteiger partial charge >= 0.3 is 0 Å². The van der Waals surface area contributed by atoms with E-state index in [1.807, 2.05) is 24.5 Å². The summed E-state index contributed by atoms with van der Waals surface area (Å²) in [5.41, 5.74) is 3.26. The summed E-state index contributed by atoms with van der Waals surface area (Å²) in [7, 11) is 0. The number of aryl methyl sites for hydroxylation is 2. The van der Waals surface area contributed by atoms with Crippen LogP contribution in [0.2, 0.25) is 0 Å².